The first-order valence-electron chi connectivity index (χ1n) is 9.24. The summed E-state index contributed by atoms with van der Waals surface area (Å²) in [5.41, 5.74) is -1.47. The monoisotopic (exact) mass is 400 g/mol. The minimum atomic E-state index is -4.54. The number of halogens is 3. The quantitative estimate of drug-likeness (QED) is 0.716. The molecular weight excluding hydrogens is 373 g/mol. The largest absolute Gasteiger partial charge is 0.418 e. The number of para-hydroxylation sites is 1. The van der Waals surface area contributed by atoms with E-state index in [2.05, 4.69) is 16.0 Å². The van der Waals surface area contributed by atoms with Crippen molar-refractivity contribution in [3.63, 3.8) is 0 Å². The predicted octanol–water partition coefficient (Wildman–Crippen LogP) is 4.05. The van der Waals surface area contributed by atoms with Crippen molar-refractivity contribution in [1.82, 2.24) is 15.5 Å². The minimum absolute atomic E-state index is 0.111. The number of likely N-dealkylation sites (tertiary alicyclic amines) is 1. The molecule has 1 fully saturated rings. The van der Waals surface area contributed by atoms with Gasteiger partial charge in [-0.15, -0.1) is 0 Å². The first kappa shape index (κ1) is 21.8. The van der Waals surface area contributed by atoms with Gasteiger partial charge in [0.15, 0.2) is 0 Å². The number of benzene rings is 1. The topological polar surface area (TPSA) is 73.5 Å². The Morgan fingerprint density at radius 1 is 1.11 bits per heavy atom. The van der Waals surface area contributed by atoms with Gasteiger partial charge in [0.2, 0.25) is 0 Å². The third kappa shape index (κ3) is 6.61. The van der Waals surface area contributed by atoms with E-state index in [1.165, 1.54) is 18.2 Å². The van der Waals surface area contributed by atoms with Crippen LogP contribution in [-0.2, 0) is 6.18 Å². The maximum Gasteiger partial charge on any atom is 0.418 e. The molecular formula is C19H27F3N4O2. The number of hydrogen-bond acceptors (Lipinski definition) is 2. The van der Waals surface area contributed by atoms with Gasteiger partial charge in [-0.25, -0.2) is 9.59 Å². The maximum absolute atomic E-state index is 13.0. The molecule has 2 rings (SSSR count). The zero-order valence-corrected chi connectivity index (χ0v) is 16.3. The summed E-state index contributed by atoms with van der Waals surface area (Å²) in [5, 5.41) is 7.80. The molecule has 0 bridgehead atoms. The number of hydrogen-bond donors (Lipinski definition) is 3. The molecule has 9 heteroatoms. The summed E-state index contributed by atoms with van der Waals surface area (Å²) in [6.07, 6.45) is -3.10. The van der Waals surface area contributed by atoms with E-state index in [4.69, 9.17) is 0 Å². The second-order valence-electron chi connectivity index (χ2n) is 7.99. The second kappa shape index (κ2) is 8.70. The molecule has 1 aromatic rings. The lowest BCUT2D eigenvalue weighted by Gasteiger charge is -2.34. The standard InChI is InChI=1S/C19H27F3N4O2/c1-18(2,3)25-17(28)26-10-8-13(9-11-26)12-23-16(27)24-15-7-5-4-6-14(15)19(20,21)22/h4-7,13H,8-12H2,1-3H3,(H,25,28)(H2,23,24,27). The van der Waals surface area contributed by atoms with Crippen molar-refractivity contribution >= 4 is 17.7 Å². The van der Waals surface area contributed by atoms with Crippen LogP contribution in [0.2, 0.25) is 0 Å². The Bertz CT molecular complexity index is 693. The highest BCUT2D eigenvalue weighted by molar-refractivity contribution is 5.90. The number of carbonyl (C=O) groups is 2. The first-order valence-corrected chi connectivity index (χ1v) is 9.24. The fraction of sp³-hybridized carbons (Fsp3) is 0.579. The van der Waals surface area contributed by atoms with Crippen LogP contribution < -0.4 is 16.0 Å². The molecule has 1 saturated heterocycles. The molecule has 0 saturated carbocycles. The molecule has 3 N–H and O–H groups in total. The Morgan fingerprint density at radius 3 is 2.29 bits per heavy atom. The van der Waals surface area contributed by atoms with Gasteiger partial charge < -0.3 is 20.9 Å². The molecule has 0 unspecified atom stereocenters. The molecule has 0 spiro atoms. The fourth-order valence-electron chi connectivity index (χ4n) is 2.98. The summed E-state index contributed by atoms with van der Waals surface area (Å²) in [7, 11) is 0. The maximum atomic E-state index is 13.0. The molecule has 1 aromatic carbocycles. The number of nitrogens with one attached hydrogen (secondary N) is 3. The summed E-state index contributed by atoms with van der Waals surface area (Å²) in [6.45, 7) is 7.24. The zero-order chi connectivity index (χ0) is 20.9. The van der Waals surface area contributed by atoms with E-state index in [1.54, 1.807) is 4.90 Å². The van der Waals surface area contributed by atoms with Crippen LogP contribution in [0.25, 0.3) is 0 Å². The molecule has 0 atom stereocenters. The Morgan fingerprint density at radius 2 is 1.71 bits per heavy atom. The number of alkyl halides is 3. The van der Waals surface area contributed by atoms with E-state index < -0.39 is 17.8 Å². The number of amides is 4. The van der Waals surface area contributed by atoms with E-state index in [1.807, 2.05) is 20.8 Å². The molecule has 1 aliphatic heterocycles. The summed E-state index contributed by atoms with van der Waals surface area (Å²) < 4.78 is 38.9. The predicted molar refractivity (Wildman–Crippen MR) is 101 cm³/mol. The van der Waals surface area contributed by atoms with Gasteiger partial charge in [-0.2, -0.15) is 13.2 Å². The summed E-state index contributed by atoms with van der Waals surface area (Å²) >= 11 is 0. The summed E-state index contributed by atoms with van der Waals surface area (Å²) in [5.74, 6) is 0.169. The van der Waals surface area contributed by atoms with E-state index in [9.17, 15) is 22.8 Å². The number of rotatable bonds is 3. The van der Waals surface area contributed by atoms with Crippen molar-refractivity contribution in [3.05, 3.63) is 29.8 Å². The average Bonchev–Trinajstić information content (AvgIpc) is 2.58. The van der Waals surface area contributed by atoms with Crippen molar-refractivity contribution in [3.8, 4) is 0 Å². The average molecular weight is 400 g/mol. The van der Waals surface area contributed by atoms with E-state index in [0.29, 0.717) is 19.6 Å². The highest BCUT2D eigenvalue weighted by Crippen LogP contribution is 2.34. The third-order valence-corrected chi connectivity index (χ3v) is 4.42. The normalized spacial score (nSPS) is 15.9. The van der Waals surface area contributed by atoms with Gasteiger partial charge in [0.1, 0.15) is 0 Å². The highest BCUT2D eigenvalue weighted by Gasteiger charge is 2.33. The van der Waals surface area contributed by atoms with Gasteiger partial charge >= 0.3 is 18.2 Å². The van der Waals surface area contributed by atoms with Crippen molar-refractivity contribution in [1.29, 1.82) is 0 Å². The molecule has 4 amide bonds. The third-order valence-electron chi connectivity index (χ3n) is 4.42. The Balaban J connectivity index is 1.79. The molecule has 0 aromatic heterocycles. The lowest BCUT2D eigenvalue weighted by atomic mass is 9.97. The number of carbonyl (C=O) groups excluding carboxylic acids is 2. The molecule has 28 heavy (non-hydrogen) atoms. The van der Waals surface area contributed by atoms with Crippen molar-refractivity contribution in [2.45, 2.75) is 45.3 Å². The number of urea groups is 2. The SMILES string of the molecule is CC(C)(C)NC(=O)N1CCC(CNC(=O)Nc2ccccc2C(F)(F)F)CC1. The van der Waals surface area contributed by atoms with Crippen LogP contribution in [0.15, 0.2) is 24.3 Å². The van der Waals surface area contributed by atoms with Crippen LogP contribution in [0.1, 0.15) is 39.2 Å². The number of nitrogens with zero attached hydrogens (tertiary/aromatic N) is 1. The summed E-state index contributed by atoms with van der Waals surface area (Å²) in [4.78, 5) is 25.9. The van der Waals surface area contributed by atoms with Crippen LogP contribution >= 0.6 is 0 Å². The first-order chi connectivity index (χ1) is 13.0. The summed E-state index contributed by atoms with van der Waals surface area (Å²) in [6, 6.07) is 4.06. The lowest BCUT2D eigenvalue weighted by molar-refractivity contribution is -0.136. The molecule has 156 valence electrons. The van der Waals surface area contributed by atoms with Crippen molar-refractivity contribution in [2.24, 2.45) is 5.92 Å². The number of anilines is 1. The number of piperidine rings is 1. The molecule has 1 heterocycles. The Hall–Kier alpha value is -2.45. The van der Waals surface area contributed by atoms with E-state index in [0.717, 1.165) is 18.9 Å². The van der Waals surface area contributed by atoms with Gasteiger partial charge in [-0.3, -0.25) is 0 Å². The van der Waals surface area contributed by atoms with Crippen LogP contribution in [0.4, 0.5) is 28.4 Å². The smallest absolute Gasteiger partial charge is 0.338 e. The van der Waals surface area contributed by atoms with E-state index in [-0.39, 0.29) is 23.2 Å². The molecule has 6 nitrogen and oxygen atoms in total. The van der Waals surface area contributed by atoms with Crippen LogP contribution in [0.3, 0.4) is 0 Å². The van der Waals surface area contributed by atoms with Gasteiger partial charge in [0, 0.05) is 25.2 Å². The molecule has 0 aliphatic carbocycles. The van der Waals surface area contributed by atoms with Gasteiger partial charge in [0.05, 0.1) is 11.3 Å². The van der Waals surface area contributed by atoms with Crippen molar-refractivity contribution < 1.29 is 22.8 Å². The fourth-order valence-corrected chi connectivity index (χ4v) is 2.98. The van der Waals surface area contributed by atoms with E-state index >= 15 is 0 Å². The van der Waals surface area contributed by atoms with Gasteiger partial charge in [-0.1, -0.05) is 12.1 Å². The van der Waals surface area contributed by atoms with Crippen LogP contribution in [-0.4, -0.2) is 42.1 Å². The van der Waals surface area contributed by atoms with Gasteiger partial charge in [0.25, 0.3) is 0 Å². The van der Waals surface area contributed by atoms with Crippen LogP contribution in [0.5, 0.6) is 0 Å². The zero-order valence-electron chi connectivity index (χ0n) is 16.3. The lowest BCUT2D eigenvalue weighted by Crippen LogP contribution is -2.51. The van der Waals surface area contributed by atoms with Gasteiger partial charge in [-0.05, 0) is 51.7 Å². The van der Waals surface area contributed by atoms with Crippen LogP contribution in [0, 0.1) is 5.92 Å². The Kier molecular flexibility index (Phi) is 6.79. The minimum Gasteiger partial charge on any atom is -0.338 e. The second-order valence-corrected chi connectivity index (χ2v) is 7.99. The van der Waals surface area contributed by atoms with Crippen molar-refractivity contribution in [2.75, 3.05) is 25.0 Å². The molecule has 0 radical (unpaired) electrons. The molecule has 1 aliphatic rings. The Labute approximate surface area is 162 Å². The highest BCUT2D eigenvalue weighted by atomic mass is 19.4.